The zero-order valence-electron chi connectivity index (χ0n) is 32.6. The Bertz CT molecular complexity index is 2940. The van der Waals surface area contributed by atoms with E-state index in [0.29, 0.717) is 0 Å². The molecule has 3 heterocycles. The third-order valence-electron chi connectivity index (χ3n) is 11.7. The Morgan fingerprint density at radius 3 is 1.17 bits per heavy atom. The predicted octanol–water partition coefficient (Wildman–Crippen LogP) is 15.6. The molecular formula is C52H42Br2N4. The number of unbranched alkanes of at least 4 members (excludes halogenated alkanes) is 2. The van der Waals surface area contributed by atoms with Crippen molar-refractivity contribution in [3.8, 4) is 44.8 Å². The lowest BCUT2D eigenvalue weighted by molar-refractivity contribution is 0.665. The van der Waals surface area contributed by atoms with Crippen LogP contribution in [0.15, 0.2) is 155 Å². The maximum Gasteiger partial charge on any atom is 0.105 e. The molecule has 3 aromatic heterocycles. The molecule has 0 unspecified atom stereocenters. The van der Waals surface area contributed by atoms with Crippen LogP contribution < -0.4 is 0 Å². The van der Waals surface area contributed by atoms with E-state index in [-0.39, 0.29) is 0 Å². The van der Waals surface area contributed by atoms with Gasteiger partial charge in [0.1, 0.15) is 11.0 Å². The van der Waals surface area contributed by atoms with Crippen molar-refractivity contribution >= 4 is 86.5 Å². The highest BCUT2D eigenvalue weighted by Crippen LogP contribution is 2.39. The van der Waals surface area contributed by atoms with Crippen molar-refractivity contribution in [3.63, 3.8) is 0 Å². The summed E-state index contributed by atoms with van der Waals surface area (Å²) in [4.78, 5) is 10.6. The van der Waals surface area contributed by atoms with Gasteiger partial charge >= 0.3 is 0 Å². The van der Waals surface area contributed by atoms with Crippen molar-refractivity contribution in [3.05, 3.63) is 155 Å². The maximum absolute atomic E-state index is 5.31. The van der Waals surface area contributed by atoms with E-state index < -0.39 is 0 Å². The van der Waals surface area contributed by atoms with Gasteiger partial charge in [-0.2, -0.15) is 0 Å². The molecule has 0 amide bonds. The number of aryl methyl sites for hydroxylation is 2. The van der Waals surface area contributed by atoms with Crippen LogP contribution in [0.25, 0.3) is 99.4 Å². The smallest absolute Gasteiger partial charge is 0.105 e. The second kappa shape index (κ2) is 15.3. The number of aromatic nitrogens is 4. The third-order valence-corrected chi connectivity index (χ3v) is 13.0. The van der Waals surface area contributed by atoms with E-state index >= 15 is 0 Å². The molecule has 58 heavy (non-hydrogen) atoms. The molecule has 284 valence electrons. The fraction of sp³-hybridized carbons (Fsp3) is 0.154. The molecular weight excluding hydrogens is 840 g/mol. The Morgan fingerprint density at radius 2 is 0.759 bits per heavy atom. The Hall–Kier alpha value is -5.56. The molecule has 0 aliphatic heterocycles. The summed E-state index contributed by atoms with van der Waals surface area (Å²) in [6, 6.07) is 53.1. The van der Waals surface area contributed by atoms with Gasteiger partial charge in [-0.25, -0.2) is 9.97 Å². The molecule has 0 radical (unpaired) electrons. The van der Waals surface area contributed by atoms with E-state index in [4.69, 9.17) is 9.97 Å². The summed E-state index contributed by atoms with van der Waals surface area (Å²) in [6.45, 7) is 6.57. The summed E-state index contributed by atoms with van der Waals surface area (Å²) in [6.07, 6.45) is 4.67. The summed E-state index contributed by atoms with van der Waals surface area (Å²) in [5.74, 6) is 0. The molecule has 0 atom stereocenters. The monoisotopic (exact) mass is 880 g/mol. The van der Waals surface area contributed by atoms with Gasteiger partial charge in [0.2, 0.25) is 0 Å². The molecule has 0 fully saturated rings. The lowest BCUT2D eigenvalue weighted by Crippen LogP contribution is -1.97. The lowest BCUT2D eigenvalue weighted by Gasteiger charge is -2.14. The molecule has 0 aliphatic carbocycles. The first-order valence-corrected chi connectivity index (χ1v) is 22.0. The van der Waals surface area contributed by atoms with E-state index in [9.17, 15) is 0 Å². The maximum atomic E-state index is 5.31. The van der Waals surface area contributed by atoms with E-state index in [1.807, 2.05) is 12.1 Å². The average molecular weight is 883 g/mol. The van der Waals surface area contributed by atoms with Crippen molar-refractivity contribution < 1.29 is 0 Å². The molecule has 6 heteroatoms. The number of rotatable bonds is 10. The Morgan fingerprint density at radius 1 is 0.397 bits per heavy atom. The largest absolute Gasteiger partial charge is 0.340 e. The number of hydrogen-bond acceptors (Lipinski definition) is 2. The van der Waals surface area contributed by atoms with Gasteiger partial charge in [0, 0.05) is 76.8 Å². The molecule has 10 rings (SSSR count). The zero-order chi connectivity index (χ0) is 39.3. The lowest BCUT2D eigenvalue weighted by atomic mass is 9.97. The number of halogens is 2. The summed E-state index contributed by atoms with van der Waals surface area (Å²) in [5.41, 5.74) is 15.3. The molecule has 10 aromatic rings. The molecule has 0 saturated carbocycles. The predicted molar refractivity (Wildman–Crippen MR) is 253 cm³/mol. The minimum absolute atomic E-state index is 0.824. The molecule has 0 spiro atoms. The van der Waals surface area contributed by atoms with Crippen molar-refractivity contribution in [1.82, 2.24) is 19.1 Å². The highest BCUT2D eigenvalue weighted by Gasteiger charge is 2.18. The summed E-state index contributed by atoms with van der Waals surface area (Å²) in [7, 11) is 0. The van der Waals surface area contributed by atoms with Gasteiger partial charge in [-0.05, 0) is 115 Å². The van der Waals surface area contributed by atoms with Crippen LogP contribution in [0.2, 0.25) is 0 Å². The standard InChI is InChI=1S/C52H42Br2N4/c1-3-5-29-57-45-13-9-7-11-39(45)41-31-37(23-27-47(41)57)33-15-19-35(20-16-33)49-50(56-52-44(54)26-25-43(53)51(52)55-49)36-21-17-34(18-22-36)38-24-28-48-42(32-38)40-12-8-10-14-46(40)58(48)30-6-4-2/h7-28,31-32H,3-6,29-30H2,1-2H3. The zero-order valence-corrected chi connectivity index (χ0v) is 35.8. The van der Waals surface area contributed by atoms with Gasteiger partial charge in [-0.3, -0.25) is 0 Å². The van der Waals surface area contributed by atoms with Crippen LogP contribution in [0.5, 0.6) is 0 Å². The van der Waals surface area contributed by atoms with E-state index in [1.165, 1.54) is 78.7 Å². The number of nitrogens with zero attached hydrogens (tertiary/aromatic N) is 4. The van der Waals surface area contributed by atoms with E-state index in [2.05, 4.69) is 188 Å². The van der Waals surface area contributed by atoms with Crippen molar-refractivity contribution in [2.24, 2.45) is 0 Å². The minimum Gasteiger partial charge on any atom is -0.340 e. The number of benzene rings is 7. The number of fused-ring (bicyclic) bond motifs is 7. The Labute approximate surface area is 355 Å². The summed E-state index contributed by atoms with van der Waals surface area (Å²) >= 11 is 7.54. The molecule has 0 saturated heterocycles. The summed E-state index contributed by atoms with van der Waals surface area (Å²) in [5, 5.41) is 5.21. The first-order chi connectivity index (χ1) is 28.5. The van der Waals surface area contributed by atoms with E-state index in [1.54, 1.807) is 0 Å². The van der Waals surface area contributed by atoms with E-state index in [0.717, 1.165) is 68.4 Å². The molecule has 7 aromatic carbocycles. The Balaban J connectivity index is 1.03. The normalized spacial score (nSPS) is 11.9. The minimum atomic E-state index is 0.824. The van der Waals surface area contributed by atoms with Crippen LogP contribution in [-0.4, -0.2) is 19.1 Å². The van der Waals surface area contributed by atoms with Crippen LogP contribution in [-0.2, 0) is 13.1 Å². The Kier molecular flexibility index (Phi) is 9.71. The average Bonchev–Trinajstić information content (AvgIpc) is 3.77. The van der Waals surface area contributed by atoms with Crippen molar-refractivity contribution in [2.75, 3.05) is 0 Å². The number of hydrogen-bond donors (Lipinski definition) is 0. The fourth-order valence-corrected chi connectivity index (χ4v) is 9.51. The molecule has 4 nitrogen and oxygen atoms in total. The van der Waals surface area contributed by atoms with Gasteiger partial charge in [0.15, 0.2) is 0 Å². The molecule has 0 bridgehead atoms. The highest BCUT2D eigenvalue weighted by atomic mass is 79.9. The fourth-order valence-electron chi connectivity index (χ4n) is 8.70. The SMILES string of the molecule is CCCCn1c2ccccc2c2cc(-c3ccc(-c4nc5c(Br)ccc(Br)c5nc4-c4ccc(-c5ccc6c(c5)c5ccccc5n6CCCC)cc4)cc3)ccc21. The molecule has 0 aliphatic rings. The van der Waals surface area contributed by atoms with Gasteiger partial charge in [-0.1, -0.05) is 124 Å². The van der Waals surface area contributed by atoms with Gasteiger partial charge < -0.3 is 9.13 Å². The second-order valence-electron chi connectivity index (χ2n) is 15.3. The quantitative estimate of drug-likeness (QED) is 0.137. The van der Waals surface area contributed by atoms with Crippen LogP contribution in [0.1, 0.15) is 39.5 Å². The van der Waals surface area contributed by atoms with Crippen LogP contribution in [0, 0.1) is 0 Å². The second-order valence-corrected chi connectivity index (χ2v) is 17.0. The summed E-state index contributed by atoms with van der Waals surface area (Å²) < 4.78 is 6.79. The van der Waals surface area contributed by atoms with Gasteiger partial charge in [-0.15, -0.1) is 0 Å². The van der Waals surface area contributed by atoms with Crippen LogP contribution in [0.3, 0.4) is 0 Å². The van der Waals surface area contributed by atoms with Crippen molar-refractivity contribution in [1.29, 1.82) is 0 Å². The number of para-hydroxylation sites is 2. The third kappa shape index (κ3) is 6.34. The molecule has 0 N–H and O–H groups in total. The van der Waals surface area contributed by atoms with Crippen LogP contribution in [0.4, 0.5) is 0 Å². The first kappa shape index (κ1) is 36.8. The highest BCUT2D eigenvalue weighted by molar-refractivity contribution is 9.11. The van der Waals surface area contributed by atoms with Crippen LogP contribution >= 0.6 is 31.9 Å². The van der Waals surface area contributed by atoms with Gasteiger partial charge in [0.25, 0.3) is 0 Å². The van der Waals surface area contributed by atoms with Gasteiger partial charge in [0.05, 0.1) is 11.4 Å². The van der Waals surface area contributed by atoms with Crippen molar-refractivity contribution in [2.45, 2.75) is 52.6 Å². The first-order valence-electron chi connectivity index (χ1n) is 20.4. The topological polar surface area (TPSA) is 35.6 Å².